The molecule has 1 aliphatic rings. The maximum Gasteiger partial charge on any atom is 0.323 e. The van der Waals surface area contributed by atoms with Gasteiger partial charge in [0.15, 0.2) is 0 Å². The molecular formula is C10H18N2O3. The Kier molecular flexibility index (Phi) is 4.93. The lowest BCUT2D eigenvalue weighted by atomic mass is 9.89. The predicted molar refractivity (Wildman–Crippen MR) is 55.6 cm³/mol. The zero-order valence-electron chi connectivity index (χ0n) is 8.79. The predicted octanol–water partition coefficient (Wildman–Crippen LogP) is 0.950. The Balaban J connectivity index is 2.07. The fourth-order valence-corrected chi connectivity index (χ4v) is 1.85. The zero-order chi connectivity index (χ0) is 11.1. The third-order valence-corrected chi connectivity index (χ3v) is 2.68. The van der Waals surface area contributed by atoms with Crippen LogP contribution < -0.4 is 10.6 Å². The van der Waals surface area contributed by atoms with Crippen LogP contribution in [0.2, 0.25) is 0 Å². The van der Waals surface area contributed by atoms with E-state index < -0.39 is 5.97 Å². The quantitative estimate of drug-likeness (QED) is 0.652. The minimum atomic E-state index is -1.03. The van der Waals surface area contributed by atoms with Crippen molar-refractivity contribution in [1.29, 1.82) is 0 Å². The second-order valence-corrected chi connectivity index (χ2v) is 3.96. The van der Waals surface area contributed by atoms with Gasteiger partial charge in [-0.2, -0.15) is 0 Å². The molecule has 0 bridgehead atoms. The Hall–Kier alpha value is -1.26. The van der Waals surface area contributed by atoms with Crippen molar-refractivity contribution < 1.29 is 14.7 Å². The summed E-state index contributed by atoms with van der Waals surface area (Å²) in [5.41, 5.74) is 0. The first-order chi connectivity index (χ1) is 7.18. The molecule has 0 radical (unpaired) electrons. The Morgan fingerprint density at radius 1 is 1.13 bits per heavy atom. The van der Waals surface area contributed by atoms with E-state index in [2.05, 4.69) is 10.6 Å². The molecule has 1 aliphatic carbocycles. The molecule has 0 unspecified atom stereocenters. The highest BCUT2D eigenvalue weighted by Crippen LogP contribution is 2.22. The summed E-state index contributed by atoms with van der Waals surface area (Å²) in [7, 11) is 0. The molecule has 1 saturated carbocycles. The number of hydrogen-bond acceptors (Lipinski definition) is 2. The molecule has 5 nitrogen and oxygen atoms in total. The Morgan fingerprint density at radius 3 is 2.40 bits per heavy atom. The Bertz CT molecular complexity index is 225. The van der Waals surface area contributed by atoms with Crippen LogP contribution in [-0.4, -0.2) is 30.2 Å². The van der Waals surface area contributed by atoms with Gasteiger partial charge in [0.25, 0.3) is 0 Å². The van der Waals surface area contributed by atoms with E-state index in [1.54, 1.807) is 0 Å². The molecule has 3 N–H and O–H groups in total. The fourth-order valence-electron chi connectivity index (χ4n) is 1.85. The third-order valence-electron chi connectivity index (χ3n) is 2.68. The molecule has 0 aliphatic heterocycles. The van der Waals surface area contributed by atoms with Crippen molar-refractivity contribution in [3.05, 3.63) is 0 Å². The van der Waals surface area contributed by atoms with Crippen LogP contribution in [0.5, 0.6) is 0 Å². The van der Waals surface area contributed by atoms with Crippen molar-refractivity contribution in [1.82, 2.24) is 10.6 Å². The lowest BCUT2D eigenvalue weighted by Gasteiger charge is -2.21. The van der Waals surface area contributed by atoms with Gasteiger partial charge in [-0.15, -0.1) is 0 Å². The monoisotopic (exact) mass is 214 g/mol. The van der Waals surface area contributed by atoms with E-state index in [-0.39, 0.29) is 12.6 Å². The van der Waals surface area contributed by atoms with Gasteiger partial charge in [-0.25, -0.2) is 4.79 Å². The van der Waals surface area contributed by atoms with E-state index in [0.29, 0.717) is 12.5 Å². The van der Waals surface area contributed by atoms with Crippen molar-refractivity contribution in [3.8, 4) is 0 Å². The van der Waals surface area contributed by atoms with Crippen molar-refractivity contribution in [2.45, 2.75) is 32.1 Å². The summed E-state index contributed by atoms with van der Waals surface area (Å²) in [6, 6.07) is -0.386. The molecular weight excluding hydrogens is 196 g/mol. The second kappa shape index (κ2) is 6.27. The summed E-state index contributed by atoms with van der Waals surface area (Å²) in [6.45, 7) is 0.335. The Morgan fingerprint density at radius 2 is 1.80 bits per heavy atom. The smallest absolute Gasteiger partial charge is 0.323 e. The third kappa shape index (κ3) is 5.24. The molecule has 0 heterocycles. The first-order valence-corrected chi connectivity index (χ1v) is 5.42. The van der Waals surface area contributed by atoms with Gasteiger partial charge in [0, 0.05) is 6.54 Å². The molecule has 0 aromatic heterocycles. The molecule has 0 aromatic carbocycles. The fraction of sp³-hybridized carbons (Fsp3) is 0.800. The van der Waals surface area contributed by atoms with E-state index in [1.807, 2.05) is 0 Å². The summed E-state index contributed by atoms with van der Waals surface area (Å²) >= 11 is 0. The van der Waals surface area contributed by atoms with E-state index in [9.17, 15) is 9.59 Å². The van der Waals surface area contributed by atoms with Gasteiger partial charge < -0.3 is 15.7 Å². The van der Waals surface area contributed by atoms with Crippen molar-refractivity contribution in [3.63, 3.8) is 0 Å². The van der Waals surface area contributed by atoms with Gasteiger partial charge in [-0.1, -0.05) is 19.3 Å². The lowest BCUT2D eigenvalue weighted by Crippen LogP contribution is -2.40. The normalized spacial score (nSPS) is 17.1. The molecule has 0 saturated heterocycles. The van der Waals surface area contributed by atoms with Gasteiger partial charge in [0.2, 0.25) is 0 Å². The van der Waals surface area contributed by atoms with E-state index >= 15 is 0 Å². The highest BCUT2D eigenvalue weighted by Gasteiger charge is 2.14. The number of carbonyl (C=O) groups is 2. The average molecular weight is 214 g/mol. The van der Waals surface area contributed by atoms with Gasteiger partial charge in [0.1, 0.15) is 6.54 Å². The number of carboxylic acid groups (broad SMARTS) is 1. The maximum absolute atomic E-state index is 11.1. The largest absolute Gasteiger partial charge is 0.480 e. The van der Waals surface area contributed by atoms with Gasteiger partial charge in [0.05, 0.1) is 0 Å². The summed E-state index contributed by atoms with van der Waals surface area (Å²) in [5, 5.41) is 13.3. The van der Waals surface area contributed by atoms with Crippen molar-refractivity contribution >= 4 is 12.0 Å². The van der Waals surface area contributed by atoms with Crippen LogP contribution in [0.1, 0.15) is 32.1 Å². The maximum atomic E-state index is 11.1. The SMILES string of the molecule is O=C(O)CNC(=O)NCC1CCCCC1. The van der Waals surface area contributed by atoms with E-state index in [4.69, 9.17) is 5.11 Å². The topological polar surface area (TPSA) is 78.4 Å². The lowest BCUT2D eigenvalue weighted by molar-refractivity contribution is -0.135. The summed E-state index contributed by atoms with van der Waals surface area (Å²) in [5.74, 6) is -0.461. The van der Waals surface area contributed by atoms with Gasteiger partial charge >= 0.3 is 12.0 Å². The van der Waals surface area contributed by atoms with Crippen molar-refractivity contribution in [2.75, 3.05) is 13.1 Å². The molecule has 2 amide bonds. The molecule has 15 heavy (non-hydrogen) atoms. The van der Waals surface area contributed by atoms with E-state index in [0.717, 1.165) is 0 Å². The van der Waals surface area contributed by atoms with Crippen LogP contribution in [0.25, 0.3) is 0 Å². The minimum Gasteiger partial charge on any atom is -0.480 e. The summed E-state index contributed by atoms with van der Waals surface area (Å²) in [4.78, 5) is 21.3. The van der Waals surface area contributed by atoms with Gasteiger partial charge in [-0.3, -0.25) is 4.79 Å². The average Bonchev–Trinajstić information content (AvgIpc) is 2.25. The standard InChI is InChI=1S/C10H18N2O3/c13-9(14)7-12-10(15)11-6-8-4-2-1-3-5-8/h8H,1-7H2,(H,13,14)(H2,11,12,15). The van der Waals surface area contributed by atoms with Crippen LogP contribution in [0.4, 0.5) is 4.79 Å². The van der Waals surface area contributed by atoms with Crippen LogP contribution in [0.15, 0.2) is 0 Å². The summed E-state index contributed by atoms with van der Waals surface area (Å²) < 4.78 is 0. The molecule has 0 aromatic rings. The number of urea groups is 1. The van der Waals surface area contributed by atoms with Crippen LogP contribution in [0.3, 0.4) is 0 Å². The van der Waals surface area contributed by atoms with Crippen LogP contribution in [-0.2, 0) is 4.79 Å². The number of nitrogens with one attached hydrogen (secondary N) is 2. The molecule has 0 spiro atoms. The molecule has 1 rings (SSSR count). The first kappa shape index (κ1) is 11.8. The number of rotatable bonds is 4. The molecule has 0 atom stereocenters. The van der Waals surface area contributed by atoms with Crippen LogP contribution >= 0.6 is 0 Å². The number of aliphatic carboxylic acids is 1. The number of hydrogen-bond donors (Lipinski definition) is 3. The molecule has 5 heteroatoms. The van der Waals surface area contributed by atoms with E-state index in [1.165, 1.54) is 32.1 Å². The van der Waals surface area contributed by atoms with Gasteiger partial charge in [-0.05, 0) is 18.8 Å². The highest BCUT2D eigenvalue weighted by atomic mass is 16.4. The van der Waals surface area contributed by atoms with Crippen molar-refractivity contribution in [2.24, 2.45) is 5.92 Å². The second-order valence-electron chi connectivity index (χ2n) is 3.96. The molecule has 1 fully saturated rings. The minimum absolute atomic E-state index is 0.323. The first-order valence-electron chi connectivity index (χ1n) is 5.42. The zero-order valence-corrected chi connectivity index (χ0v) is 8.79. The number of amides is 2. The Labute approximate surface area is 89.2 Å². The highest BCUT2D eigenvalue weighted by molar-refractivity contribution is 5.79. The van der Waals surface area contributed by atoms with Crippen LogP contribution in [0, 0.1) is 5.92 Å². The number of carbonyl (C=O) groups excluding carboxylic acids is 1. The molecule has 86 valence electrons. The summed E-state index contributed by atoms with van der Waals surface area (Å²) in [6.07, 6.45) is 6.10. The number of carboxylic acids is 1.